The van der Waals surface area contributed by atoms with E-state index >= 15 is 0 Å². The highest BCUT2D eigenvalue weighted by Gasteiger charge is 2.09. The number of likely N-dealkylation sites (N-methyl/N-ethyl adjacent to an activating group) is 1. The molecular weight excluding hydrogens is 264 g/mol. The van der Waals surface area contributed by atoms with Gasteiger partial charge in [0.1, 0.15) is 12.4 Å². The Morgan fingerprint density at radius 1 is 1.05 bits per heavy atom. The third kappa shape index (κ3) is 2.62. The molecule has 1 heterocycles. The van der Waals surface area contributed by atoms with Gasteiger partial charge in [-0.2, -0.15) is 0 Å². The maximum Gasteiger partial charge on any atom is 0.256 e. The van der Waals surface area contributed by atoms with Crippen molar-refractivity contribution in [1.82, 2.24) is 9.88 Å². The first kappa shape index (κ1) is 13.6. The fraction of sp³-hybridized carbons (Fsp3) is 0.235. The van der Waals surface area contributed by atoms with Gasteiger partial charge in [-0.05, 0) is 32.3 Å². The van der Waals surface area contributed by atoms with E-state index in [9.17, 15) is 4.79 Å². The molecule has 1 aromatic heterocycles. The number of hydrogen-bond donors (Lipinski definition) is 1. The molecule has 0 saturated carbocycles. The van der Waals surface area contributed by atoms with E-state index in [0.29, 0.717) is 12.0 Å². The Bertz CT molecular complexity index is 837. The van der Waals surface area contributed by atoms with Crippen LogP contribution in [0.5, 0.6) is 5.75 Å². The Labute approximate surface area is 123 Å². The predicted molar refractivity (Wildman–Crippen MR) is 86.1 cm³/mol. The molecule has 2 aromatic carbocycles. The van der Waals surface area contributed by atoms with E-state index in [1.807, 2.05) is 56.6 Å². The number of ether oxygens (including phenoxy) is 1. The van der Waals surface area contributed by atoms with E-state index in [-0.39, 0.29) is 5.56 Å². The zero-order valence-electron chi connectivity index (χ0n) is 12.2. The summed E-state index contributed by atoms with van der Waals surface area (Å²) in [5.41, 5.74) is 0.740. The number of fused-ring (bicyclic) bond motifs is 3. The number of nitrogens with one attached hydrogen (secondary N) is 1. The quantitative estimate of drug-likeness (QED) is 0.748. The van der Waals surface area contributed by atoms with Gasteiger partial charge in [0.25, 0.3) is 5.56 Å². The number of aromatic amines is 1. The van der Waals surface area contributed by atoms with Crippen LogP contribution >= 0.6 is 0 Å². The number of H-pyrrole nitrogens is 1. The largest absolute Gasteiger partial charge is 0.492 e. The van der Waals surface area contributed by atoms with Gasteiger partial charge in [0.05, 0.1) is 5.52 Å². The Morgan fingerprint density at radius 3 is 2.57 bits per heavy atom. The predicted octanol–water partition coefficient (Wildman–Crippen LogP) is 2.62. The molecule has 0 aliphatic rings. The van der Waals surface area contributed by atoms with Crippen LogP contribution in [0, 0.1) is 0 Å². The summed E-state index contributed by atoms with van der Waals surface area (Å²) in [6.07, 6.45) is 0. The number of rotatable bonds is 4. The molecule has 3 rings (SSSR count). The summed E-state index contributed by atoms with van der Waals surface area (Å²) in [5, 5.41) is 2.58. The summed E-state index contributed by atoms with van der Waals surface area (Å²) in [4.78, 5) is 17.1. The first-order chi connectivity index (χ1) is 10.2. The van der Waals surface area contributed by atoms with E-state index in [0.717, 1.165) is 28.6 Å². The van der Waals surface area contributed by atoms with Crippen LogP contribution in [-0.4, -0.2) is 37.1 Å². The first-order valence-corrected chi connectivity index (χ1v) is 6.98. The molecule has 0 radical (unpaired) electrons. The molecule has 4 nitrogen and oxygen atoms in total. The fourth-order valence-corrected chi connectivity index (χ4v) is 2.46. The monoisotopic (exact) mass is 282 g/mol. The van der Waals surface area contributed by atoms with Crippen molar-refractivity contribution in [3.63, 3.8) is 0 Å². The maximum atomic E-state index is 12.1. The van der Waals surface area contributed by atoms with Crippen molar-refractivity contribution in [3.8, 4) is 5.75 Å². The molecule has 0 bridgehead atoms. The third-order valence-electron chi connectivity index (χ3n) is 3.51. The summed E-state index contributed by atoms with van der Waals surface area (Å²) in [6, 6.07) is 13.4. The second-order valence-corrected chi connectivity index (χ2v) is 5.33. The van der Waals surface area contributed by atoms with Crippen LogP contribution < -0.4 is 10.3 Å². The van der Waals surface area contributed by atoms with Gasteiger partial charge < -0.3 is 14.6 Å². The molecule has 0 fully saturated rings. The lowest BCUT2D eigenvalue weighted by atomic mass is 10.1. The summed E-state index contributed by atoms with van der Waals surface area (Å²) < 4.78 is 5.91. The molecular formula is C17H18N2O2. The van der Waals surface area contributed by atoms with Gasteiger partial charge in [-0.3, -0.25) is 4.79 Å². The normalized spacial score (nSPS) is 11.4. The van der Waals surface area contributed by atoms with E-state index in [1.54, 1.807) is 0 Å². The number of nitrogens with zero attached hydrogens (tertiary/aromatic N) is 1. The summed E-state index contributed by atoms with van der Waals surface area (Å²) in [5.74, 6) is 0.807. The lowest BCUT2D eigenvalue weighted by Gasteiger charge is -2.13. The summed E-state index contributed by atoms with van der Waals surface area (Å²) in [6.45, 7) is 1.46. The van der Waals surface area contributed by atoms with Gasteiger partial charge in [0.15, 0.2) is 0 Å². The summed E-state index contributed by atoms with van der Waals surface area (Å²) in [7, 11) is 4.03. The average molecular weight is 282 g/mol. The smallest absolute Gasteiger partial charge is 0.256 e. The molecule has 4 heteroatoms. The Kier molecular flexibility index (Phi) is 3.62. The molecule has 0 amide bonds. The van der Waals surface area contributed by atoms with Crippen LogP contribution in [0.1, 0.15) is 0 Å². The number of hydrogen-bond acceptors (Lipinski definition) is 3. The molecule has 0 unspecified atom stereocenters. The minimum Gasteiger partial charge on any atom is -0.492 e. The van der Waals surface area contributed by atoms with Crippen molar-refractivity contribution in [1.29, 1.82) is 0 Å². The van der Waals surface area contributed by atoms with Gasteiger partial charge in [0, 0.05) is 22.7 Å². The fourth-order valence-electron chi connectivity index (χ4n) is 2.46. The second-order valence-electron chi connectivity index (χ2n) is 5.33. The van der Waals surface area contributed by atoms with Crippen LogP contribution in [0.15, 0.2) is 47.3 Å². The third-order valence-corrected chi connectivity index (χ3v) is 3.51. The topological polar surface area (TPSA) is 45.3 Å². The maximum absolute atomic E-state index is 12.1. The van der Waals surface area contributed by atoms with Crippen molar-refractivity contribution in [2.75, 3.05) is 27.2 Å². The highest BCUT2D eigenvalue weighted by atomic mass is 16.5. The molecule has 1 N–H and O–H groups in total. The van der Waals surface area contributed by atoms with Gasteiger partial charge >= 0.3 is 0 Å². The Morgan fingerprint density at radius 2 is 1.81 bits per heavy atom. The highest BCUT2D eigenvalue weighted by molar-refractivity contribution is 6.08. The van der Waals surface area contributed by atoms with Crippen LogP contribution in [-0.2, 0) is 0 Å². The molecule has 0 aliphatic carbocycles. The van der Waals surface area contributed by atoms with Crippen molar-refractivity contribution in [2.24, 2.45) is 0 Å². The van der Waals surface area contributed by atoms with E-state index in [2.05, 4.69) is 9.88 Å². The van der Waals surface area contributed by atoms with Crippen molar-refractivity contribution >= 4 is 21.7 Å². The van der Waals surface area contributed by atoms with E-state index in [4.69, 9.17) is 4.74 Å². The minimum atomic E-state index is -0.0662. The minimum absolute atomic E-state index is 0.0662. The van der Waals surface area contributed by atoms with E-state index < -0.39 is 0 Å². The van der Waals surface area contributed by atoms with E-state index in [1.165, 1.54) is 0 Å². The zero-order valence-corrected chi connectivity index (χ0v) is 12.2. The Hall–Kier alpha value is -2.33. The Balaban J connectivity index is 2.17. The summed E-state index contributed by atoms with van der Waals surface area (Å²) >= 11 is 0. The van der Waals surface area contributed by atoms with Gasteiger partial charge in [-0.1, -0.05) is 24.3 Å². The molecule has 0 aliphatic heterocycles. The molecule has 0 spiro atoms. The number of pyridine rings is 1. The number of benzene rings is 2. The van der Waals surface area contributed by atoms with Crippen LogP contribution in [0.2, 0.25) is 0 Å². The molecule has 0 saturated heterocycles. The van der Waals surface area contributed by atoms with Crippen LogP contribution in [0.25, 0.3) is 21.7 Å². The molecule has 21 heavy (non-hydrogen) atoms. The molecule has 0 atom stereocenters. The van der Waals surface area contributed by atoms with Gasteiger partial charge in [0.2, 0.25) is 0 Å². The van der Waals surface area contributed by atoms with Crippen molar-refractivity contribution in [2.45, 2.75) is 0 Å². The van der Waals surface area contributed by atoms with Gasteiger partial charge in [-0.15, -0.1) is 0 Å². The van der Waals surface area contributed by atoms with Gasteiger partial charge in [-0.25, -0.2) is 0 Å². The first-order valence-electron chi connectivity index (χ1n) is 6.98. The lowest BCUT2D eigenvalue weighted by Crippen LogP contribution is -2.19. The molecule has 108 valence electrons. The SMILES string of the molecule is CN(C)CCOc1cccc2[nH]c(=O)c3ccccc3c12. The molecule has 3 aromatic rings. The average Bonchev–Trinajstić information content (AvgIpc) is 2.47. The van der Waals surface area contributed by atoms with Crippen molar-refractivity contribution in [3.05, 3.63) is 52.8 Å². The highest BCUT2D eigenvalue weighted by Crippen LogP contribution is 2.29. The number of aromatic nitrogens is 1. The zero-order chi connectivity index (χ0) is 14.8. The second kappa shape index (κ2) is 5.58. The van der Waals surface area contributed by atoms with Crippen LogP contribution in [0.3, 0.4) is 0 Å². The van der Waals surface area contributed by atoms with Crippen LogP contribution in [0.4, 0.5) is 0 Å². The lowest BCUT2D eigenvalue weighted by molar-refractivity contribution is 0.264. The standard InChI is InChI=1S/C17H18N2O2/c1-19(2)10-11-21-15-9-5-8-14-16(15)12-6-3-4-7-13(12)17(20)18-14/h3-9H,10-11H2,1-2H3,(H,18,20). The van der Waals surface area contributed by atoms with Crippen molar-refractivity contribution < 1.29 is 4.74 Å².